The predicted octanol–water partition coefficient (Wildman–Crippen LogP) is 1.38. The van der Waals surface area contributed by atoms with Crippen molar-refractivity contribution in [2.45, 2.75) is 25.3 Å². The van der Waals surface area contributed by atoms with E-state index in [0.29, 0.717) is 0 Å². The first-order chi connectivity index (χ1) is 8.09. The lowest BCUT2D eigenvalue weighted by atomic mass is 10.1. The summed E-state index contributed by atoms with van der Waals surface area (Å²) in [4.78, 5) is 22.3. The molecule has 17 heavy (non-hydrogen) atoms. The fourth-order valence-corrected chi connectivity index (χ4v) is 1.94. The highest BCUT2D eigenvalue weighted by atomic mass is 16.4. The predicted molar refractivity (Wildman–Crippen MR) is 62.5 cm³/mol. The molecule has 1 aromatic carbocycles. The highest BCUT2D eigenvalue weighted by Gasteiger charge is 2.44. The van der Waals surface area contributed by atoms with Crippen molar-refractivity contribution < 1.29 is 14.7 Å². The number of amides is 1. The van der Waals surface area contributed by atoms with Gasteiger partial charge in [-0.05, 0) is 24.8 Å². The van der Waals surface area contributed by atoms with Crippen molar-refractivity contribution in [2.24, 2.45) is 5.92 Å². The van der Waals surface area contributed by atoms with Gasteiger partial charge in [0.05, 0.1) is 0 Å². The number of benzene rings is 1. The summed E-state index contributed by atoms with van der Waals surface area (Å²) in [7, 11) is 0. The van der Waals surface area contributed by atoms with E-state index in [9.17, 15) is 9.59 Å². The maximum Gasteiger partial charge on any atom is 0.325 e. The van der Waals surface area contributed by atoms with Crippen molar-refractivity contribution in [3.8, 4) is 0 Å². The average molecular weight is 233 g/mol. The summed E-state index contributed by atoms with van der Waals surface area (Å²) < 4.78 is 0. The lowest BCUT2D eigenvalue weighted by Gasteiger charge is -2.08. The molecule has 1 amide bonds. The van der Waals surface area contributed by atoms with Crippen LogP contribution in [-0.4, -0.2) is 23.0 Å². The SMILES string of the molecule is C[C@@H](NC(=O)C1CC1c1ccccc1)C(=O)O. The number of nitrogens with one attached hydrogen (secondary N) is 1. The number of carbonyl (C=O) groups excluding carboxylic acids is 1. The van der Waals surface area contributed by atoms with Gasteiger partial charge < -0.3 is 10.4 Å². The second-order valence-corrected chi connectivity index (χ2v) is 4.43. The largest absolute Gasteiger partial charge is 0.480 e. The van der Waals surface area contributed by atoms with E-state index in [-0.39, 0.29) is 17.7 Å². The van der Waals surface area contributed by atoms with Crippen molar-refractivity contribution in [1.29, 1.82) is 0 Å². The molecule has 1 aliphatic carbocycles. The number of aliphatic carboxylic acids is 1. The Hall–Kier alpha value is -1.84. The van der Waals surface area contributed by atoms with Crippen LogP contribution >= 0.6 is 0 Å². The molecule has 1 aromatic rings. The first-order valence-corrected chi connectivity index (χ1v) is 5.67. The fourth-order valence-electron chi connectivity index (χ4n) is 1.94. The third kappa shape index (κ3) is 2.64. The van der Waals surface area contributed by atoms with Crippen LogP contribution < -0.4 is 5.32 Å². The topological polar surface area (TPSA) is 66.4 Å². The number of carbonyl (C=O) groups is 2. The number of carboxylic acid groups (broad SMARTS) is 1. The van der Waals surface area contributed by atoms with Gasteiger partial charge in [0.25, 0.3) is 0 Å². The highest BCUT2D eigenvalue weighted by Crippen LogP contribution is 2.47. The Labute approximate surface area is 99.6 Å². The number of hydrogen-bond donors (Lipinski definition) is 2. The fraction of sp³-hybridized carbons (Fsp3) is 0.385. The molecular weight excluding hydrogens is 218 g/mol. The van der Waals surface area contributed by atoms with Crippen LogP contribution in [0.1, 0.15) is 24.8 Å². The molecule has 1 aliphatic rings. The van der Waals surface area contributed by atoms with E-state index in [1.54, 1.807) is 0 Å². The number of hydrogen-bond acceptors (Lipinski definition) is 2. The lowest BCUT2D eigenvalue weighted by Crippen LogP contribution is -2.39. The Bertz CT molecular complexity index is 430. The van der Waals surface area contributed by atoms with Crippen LogP contribution in [0.2, 0.25) is 0 Å². The summed E-state index contributed by atoms with van der Waals surface area (Å²) in [6.07, 6.45) is 0.808. The molecule has 0 aromatic heterocycles. The van der Waals surface area contributed by atoms with Crippen molar-refractivity contribution in [3.63, 3.8) is 0 Å². The summed E-state index contributed by atoms with van der Waals surface area (Å²) >= 11 is 0. The van der Waals surface area contributed by atoms with E-state index < -0.39 is 12.0 Å². The molecule has 0 spiro atoms. The lowest BCUT2D eigenvalue weighted by molar-refractivity contribution is -0.141. The summed E-state index contributed by atoms with van der Waals surface area (Å²) in [5.74, 6) is -0.986. The third-order valence-corrected chi connectivity index (χ3v) is 3.08. The second kappa shape index (κ2) is 4.57. The van der Waals surface area contributed by atoms with Gasteiger partial charge in [-0.2, -0.15) is 0 Å². The van der Waals surface area contributed by atoms with Gasteiger partial charge in [-0.3, -0.25) is 9.59 Å². The van der Waals surface area contributed by atoms with Crippen LogP contribution in [0.4, 0.5) is 0 Å². The second-order valence-electron chi connectivity index (χ2n) is 4.43. The molecule has 0 heterocycles. The summed E-state index contributed by atoms with van der Waals surface area (Å²) in [5.41, 5.74) is 1.15. The van der Waals surface area contributed by atoms with Crippen LogP contribution in [0.25, 0.3) is 0 Å². The van der Waals surface area contributed by atoms with Crippen LogP contribution in [0, 0.1) is 5.92 Å². The third-order valence-electron chi connectivity index (χ3n) is 3.08. The molecule has 0 aliphatic heterocycles. The minimum absolute atomic E-state index is 0.0702. The van der Waals surface area contributed by atoms with Gasteiger partial charge in [-0.1, -0.05) is 30.3 Å². The molecule has 0 bridgehead atoms. The standard InChI is InChI=1S/C13H15NO3/c1-8(13(16)17)14-12(15)11-7-10(11)9-5-3-2-4-6-9/h2-6,8,10-11H,7H2,1H3,(H,14,15)(H,16,17)/t8-,10?,11?/m1/s1. The molecule has 90 valence electrons. The van der Waals surface area contributed by atoms with E-state index in [4.69, 9.17) is 5.11 Å². The maximum atomic E-state index is 11.7. The van der Waals surface area contributed by atoms with Crippen molar-refractivity contribution in [3.05, 3.63) is 35.9 Å². The minimum atomic E-state index is -1.00. The summed E-state index contributed by atoms with van der Waals surface area (Å²) in [6, 6.07) is 9.01. The van der Waals surface area contributed by atoms with Crippen molar-refractivity contribution in [1.82, 2.24) is 5.32 Å². The average Bonchev–Trinajstić information content (AvgIpc) is 3.10. The molecule has 2 rings (SSSR count). The molecular formula is C13H15NO3. The Morgan fingerprint density at radius 3 is 2.59 bits per heavy atom. The van der Waals surface area contributed by atoms with Gasteiger partial charge in [0.1, 0.15) is 6.04 Å². The first-order valence-electron chi connectivity index (χ1n) is 5.67. The zero-order valence-electron chi connectivity index (χ0n) is 9.59. The molecule has 0 radical (unpaired) electrons. The smallest absolute Gasteiger partial charge is 0.325 e. The van der Waals surface area contributed by atoms with E-state index in [1.165, 1.54) is 6.92 Å². The Kier molecular flexibility index (Phi) is 3.13. The van der Waals surface area contributed by atoms with Gasteiger partial charge in [-0.15, -0.1) is 0 Å². The minimum Gasteiger partial charge on any atom is -0.480 e. The highest BCUT2D eigenvalue weighted by molar-refractivity contribution is 5.87. The van der Waals surface area contributed by atoms with E-state index in [2.05, 4.69) is 5.32 Å². The van der Waals surface area contributed by atoms with Crippen LogP contribution in [0.3, 0.4) is 0 Å². The number of carboxylic acids is 1. The molecule has 1 saturated carbocycles. The van der Waals surface area contributed by atoms with Crippen LogP contribution in [0.5, 0.6) is 0 Å². The summed E-state index contributed by atoms with van der Waals surface area (Å²) in [6.45, 7) is 1.47. The van der Waals surface area contributed by atoms with Gasteiger partial charge in [0.15, 0.2) is 0 Å². The van der Waals surface area contributed by atoms with Crippen molar-refractivity contribution >= 4 is 11.9 Å². The van der Waals surface area contributed by atoms with E-state index in [0.717, 1.165) is 12.0 Å². The maximum absolute atomic E-state index is 11.7. The Morgan fingerprint density at radius 2 is 2.00 bits per heavy atom. The molecule has 1 fully saturated rings. The molecule has 4 nitrogen and oxygen atoms in total. The van der Waals surface area contributed by atoms with Gasteiger partial charge in [-0.25, -0.2) is 0 Å². The van der Waals surface area contributed by atoms with Gasteiger partial charge >= 0.3 is 5.97 Å². The molecule has 2 N–H and O–H groups in total. The van der Waals surface area contributed by atoms with E-state index >= 15 is 0 Å². The zero-order valence-corrected chi connectivity index (χ0v) is 9.59. The molecule has 2 unspecified atom stereocenters. The molecule has 4 heteroatoms. The van der Waals surface area contributed by atoms with E-state index in [1.807, 2.05) is 30.3 Å². The summed E-state index contributed by atoms with van der Waals surface area (Å²) in [5, 5.41) is 11.2. The van der Waals surface area contributed by atoms with Crippen LogP contribution in [-0.2, 0) is 9.59 Å². The quantitative estimate of drug-likeness (QED) is 0.825. The number of rotatable bonds is 4. The van der Waals surface area contributed by atoms with Crippen LogP contribution in [0.15, 0.2) is 30.3 Å². The zero-order chi connectivity index (χ0) is 12.4. The monoisotopic (exact) mass is 233 g/mol. The Morgan fingerprint density at radius 1 is 1.35 bits per heavy atom. The Balaban J connectivity index is 1.91. The van der Waals surface area contributed by atoms with Gasteiger partial charge in [0.2, 0.25) is 5.91 Å². The molecule has 3 atom stereocenters. The normalized spacial score (nSPS) is 23.8. The molecule has 0 saturated heterocycles. The van der Waals surface area contributed by atoms with Gasteiger partial charge in [0, 0.05) is 5.92 Å². The first kappa shape index (κ1) is 11.6. The van der Waals surface area contributed by atoms with Crippen molar-refractivity contribution in [2.75, 3.05) is 0 Å².